The van der Waals surface area contributed by atoms with Crippen molar-refractivity contribution in [3.63, 3.8) is 0 Å². The molecule has 1 N–H and O–H groups in total. The Hall–Kier alpha value is -1.40. The highest BCUT2D eigenvalue weighted by Gasteiger charge is 2.13. The van der Waals surface area contributed by atoms with Gasteiger partial charge in [0.1, 0.15) is 0 Å². The first-order valence-corrected chi connectivity index (χ1v) is 8.36. The SMILES string of the molecule is CN(C)c1ccc(C=NNC(=O)CN2CCCCC2)cc1Br. The van der Waals surface area contributed by atoms with E-state index in [9.17, 15) is 4.79 Å². The van der Waals surface area contributed by atoms with Crippen molar-refractivity contribution in [2.24, 2.45) is 5.10 Å². The number of nitrogens with zero attached hydrogens (tertiary/aromatic N) is 3. The highest BCUT2D eigenvalue weighted by molar-refractivity contribution is 9.10. The van der Waals surface area contributed by atoms with Gasteiger partial charge in [-0.1, -0.05) is 12.5 Å². The minimum Gasteiger partial charge on any atom is -0.377 e. The number of likely N-dealkylation sites (tertiary alicyclic amines) is 1. The van der Waals surface area contributed by atoms with E-state index >= 15 is 0 Å². The predicted molar refractivity (Wildman–Crippen MR) is 94.5 cm³/mol. The first-order valence-electron chi connectivity index (χ1n) is 7.57. The van der Waals surface area contributed by atoms with Gasteiger partial charge in [0, 0.05) is 18.6 Å². The van der Waals surface area contributed by atoms with Crippen molar-refractivity contribution in [1.82, 2.24) is 10.3 Å². The smallest absolute Gasteiger partial charge is 0.254 e. The maximum Gasteiger partial charge on any atom is 0.254 e. The molecule has 6 heteroatoms. The van der Waals surface area contributed by atoms with Crippen LogP contribution in [0.2, 0.25) is 0 Å². The van der Waals surface area contributed by atoms with Crippen LogP contribution >= 0.6 is 15.9 Å². The van der Waals surface area contributed by atoms with Gasteiger partial charge in [0.25, 0.3) is 5.91 Å². The Morgan fingerprint density at radius 2 is 2.09 bits per heavy atom. The number of hydrazone groups is 1. The number of amides is 1. The molecule has 0 aliphatic carbocycles. The number of nitrogens with one attached hydrogen (secondary N) is 1. The molecule has 0 bridgehead atoms. The standard InChI is InChI=1S/C16H23BrN4O/c1-20(2)15-7-6-13(10-14(15)17)11-18-19-16(22)12-21-8-4-3-5-9-21/h6-7,10-11H,3-5,8-9,12H2,1-2H3,(H,19,22). The fourth-order valence-electron chi connectivity index (χ4n) is 2.50. The second-order valence-electron chi connectivity index (χ2n) is 5.74. The lowest BCUT2D eigenvalue weighted by atomic mass is 10.1. The number of carbonyl (C=O) groups excluding carboxylic acids is 1. The van der Waals surface area contributed by atoms with Gasteiger partial charge in [-0.15, -0.1) is 0 Å². The lowest BCUT2D eigenvalue weighted by Crippen LogP contribution is -2.38. The molecule has 1 heterocycles. The number of carbonyl (C=O) groups is 1. The van der Waals surface area contributed by atoms with E-state index in [1.54, 1.807) is 6.21 Å². The Balaban J connectivity index is 1.84. The van der Waals surface area contributed by atoms with Gasteiger partial charge in [0.15, 0.2) is 0 Å². The van der Waals surface area contributed by atoms with Crippen LogP contribution in [0.15, 0.2) is 27.8 Å². The zero-order valence-electron chi connectivity index (χ0n) is 13.2. The number of hydrogen-bond acceptors (Lipinski definition) is 4. The van der Waals surface area contributed by atoms with E-state index < -0.39 is 0 Å². The Morgan fingerprint density at radius 1 is 1.36 bits per heavy atom. The van der Waals surface area contributed by atoms with Crippen LogP contribution in [0.4, 0.5) is 5.69 Å². The maximum absolute atomic E-state index is 11.8. The summed E-state index contributed by atoms with van der Waals surface area (Å²) < 4.78 is 1.00. The lowest BCUT2D eigenvalue weighted by molar-refractivity contribution is -0.122. The zero-order chi connectivity index (χ0) is 15.9. The van der Waals surface area contributed by atoms with Crippen LogP contribution in [0, 0.1) is 0 Å². The van der Waals surface area contributed by atoms with Crippen molar-refractivity contribution in [2.75, 3.05) is 38.6 Å². The number of hydrogen-bond donors (Lipinski definition) is 1. The summed E-state index contributed by atoms with van der Waals surface area (Å²) in [7, 11) is 3.99. The molecular formula is C16H23BrN4O. The maximum atomic E-state index is 11.8. The molecule has 0 radical (unpaired) electrons. The number of rotatable bonds is 5. The van der Waals surface area contributed by atoms with Crippen LogP contribution < -0.4 is 10.3 Å². The van der Waals surface area contributed by atoms with Crippen LogP contribution in [0.5, 0.6) is 0 Å². The molecule has 0 aromatic heterocycles. The summed E-state index contributed by atoms with van der Waals surface area (Å²) in [5.41, 5.74) is 4.64. The van der Waals surface area contributed by atoms with E-state index in [1.807, 2.05) is 37.2 Å². The van der Waals surface area contributed by atoms with Crippen molar-refractivity contribution in [3.05, 3.63) is 28.2 Å². The highest BCUT2D eigenvalue weighted by atomic mass is 79.9. The summed E-state index contributed by atoms with van der Waals surface area (Å²) in [5, 5.41) is 4.04. The van der Waals surface area contributed by atoms with Crippen LogP contribution in [0.3, 0.4) is 0 Å². The van der Waals surface area contributed by atoms with Crippen molar-refractivity contribution < 1.29 is 4.79 Å². The van der Waals surface area contributed by atoms with Crippen molar-refractivity contribution in [2.45, 2.75) is 19.3 Å². The minimum atomic E-state index is -0.0536. The summed E-state index contributed by atoms with van der Waals surface area (Å²) in [6.07, 6.45) is 5.30. The Labute approximate surface area is 140 Å². The van der Waals surface area contributed by atoms with E-state index in [1.165, 1.54) is 19.3 Å². The molecule has 0 spiro atoms. The summed E-state index contributed by atoms with van der Waals surface area (Å²) in [5.74, 6) is -0.0536. The van der Waals surface area contributed by atoms with Gasteiger partial charge in [-0.25, -0.2) is 5.43 Å². The average molecular weight is 367 g/mol. The summed E-state index contributed by atoms with van der Waals surface area (Å²) in [6, 6.07) is 5.97. The normalized spacial score (nSPS) is 16.0. The predicted octanol–water partition coefficient (Wildman–Crippen LogP) is 2.45. The third kappa shape index (κ3) is 5.10. The van der Waals surface area contributed by atoms with E-state index in [-0.39, 0.29) is 5.91 Å². The molecule has 1 amide bonds. The molecule has 2 rings (SSSR count). The molecule has 1 aromatic rings. The van der Waals surface area contributed by atoms with Crippen LogP contribution in [-0.4, -0.2) is 50.8 Å². The van der Waals surface area contributed by atoms with E-state index in [2.05, 4.69) is 31.4 Å². The molecular weight excluding hydrogens is 344 g/mol. The Bertz CT molecular complexity index is 539. The van der Waals surface area contributed by atoms with Gasteiger partial charge in [0.2, 0.25) is 0 Å². The minimum absolute atomic E-state index is 0.0536. The third-order valence-corrected chi connectivity index (χ3v) is 4.31. The van der Waals surface area contributed by atoms with Crippen molar-refractivity contribution in [1.29, 1.82) is 0 Å². The summed E-state index contributed by atoms with van der Waals surface area (Å²) in [6.45, 7) is 2.45. The van der Waals surface area contributed by atoms with Crippen molar-refractivity contribution >= 4 is 33.7 Å². The number of piperidine rings is 1. The van der Waals surface area contributed by atoms with Gasteiger partial charge in [-0.2, -0.15) is 5.10 Å². The third-order valence-electron chi connectivity index (χ3n) is 3.67. The molecule has 1 aliphatic heterocycles. The second-order valence-corrected chi connectivity index (χ2v) is 6.59. The van der Waals surface area contributed by atoms with Crippen molar-refractivity contribution in [3.8, 4) is 0 Å². The van der Waals surface area contributed by atoms with Gasteiger partial charge in [0.05, 0.1) is 18.4 Å². The zero-order valence-corrected chi connectivity index (χ0v) is 14.8. The topological polar surface area (TPSA) is 47.9 Å². The lowest BCUT2D eigenvalue weighted by Gasteiger charge is -2.25. The molecule has 1 saturated heterocycles. The quantitative estimate of drug-likeness (QED) is 0.643. The second kappa shape index (κ2) is 8.29. The number of anilines is 1. The molecule has 1 aliphatic rings. The van der Waals surface area contributed by atoms with Crippen LogP contribution in [0.25, 0.3) is 0 Å². The molecule has 0 atom stereocenters. The monoisotopic (exact) mass is 366 g/mol. The van der Waals surface area contributed by atoms with Gasteiger partial charge >= 0.3 is 0 Å². The largest absolute Gasteiger partial charge is 0.377 e. The summed E-state index contributed by atoms with van der Waals surface area (Å²) >= 11 is 3.54. The molecule has 22 heavy (non-hydrogen) atoms. The van der Waals surface area contributed by atoms with Gasteiger partial charge < -0.3 is 4.90 Å². The van der Waals surface area contributed by atoms with E-state index in [0.717, 1.165) is 28.8 Å². The first kappa shape index (κ1) is 17.0. The Kier molecular flexibility index (Phi) is 6.39. The van der Waals surface area contributed by atoms with E-state index in [0.29, 0.717) is 6.54 Å². The molecule has 1 fully saturated rings. The fraction of sp³-hybridized carbons (Fsp3) is 0.500. The Morgan fingerprint density at radius 3 is 2.73 bits per heavy atom. The first-order chi connectivity index (χ1) is 10.6. The molecule has 0 unspecified atom stereocenters. The highest BCUT2D eigenvalue weighted by Crippen LogP contribution is 2.25. The van der Waals surface area contributed by atoms with Crippen LogP contribution in [-0.2, 0) is 4.79 Å². The molecule has 5 nitrogen and oxygen atoms in total. The number of halogens is 1. The van der Waals surface area contributed by atoms with Gasteiger partial charge in [-0.05, 0) is 59.6 Å². The average Bonchev–Trinajstić information content (AvgIpc) is 2.48. The van der Waals surface area contributed by atoms with Crippen LogP contribution in [0.1, 0.15) is 24.8 Å². The fourth-order valence-corrected chi connectivity index (χ4v) is 3.25. The molecule has 1 aromatic carbocycles. The van der Waals surface area contributed by atoms with E-state index in [4.69, 9.17) is 0 Å². The molecule has 0 saturated carbocycles. The number of benzene rings is 1. The molecule has 120 valence electrons. The van der Waals surface area contributed by atoms with Gasteiger partial charge in [-0.3, -0.25) is 9.69 Å². The summed E-state index contributed by atoms with van der Waals surface area (Å²) in [4.78, 5) is 16.0.